The molecule has 26 heavy (non-hydrogen) atoms. The molecule has 2 aromatic rings. The van der Waals surface area contributed by atoms with E-state index >= 15 is 0 Å². The van der Waals surface area contributed by atoms with Crippen LogP contribution in [0.5, 0.6) is 0 Å². The summed E-state index contributed by atoms with van der Waals surface area (Å²) in [6.07, 6.45) is 5.46. The van der Waals surface area contributed by atoms with Gasteiger partial charge in [-0.15, -0.1) is 0 Å². The van der Waals surface area contributed by atoms with Gasteiger partial charge >= 0.3 is 0 Å². The lowest BCUT2D eigenvalue weighted by Gasteiger charge is -2.31. The Hall–Kier alpha value is -2.88. The lowest BCUT2D eigenvalue weighted by molar-refractivity contribution is -0.112. The average molecular weight is 346 g/mol. The number of anilines is 1. The van der Waals surface area contributed by atoms with Crippen molar-refractivity contribution in [2.24, 2.45) is 0 Å². The number of benzene rings is 2. The van der Waals surface area contributed by atoms with E-state index in [-0.39, 0.29) is 11.8 Å². The molecule has 0 unspecified atom stereocenters. The van der Waals surface area contributed by atoms with E-state index in [0.29, 0.717) is 16.8 Å². The summed E-state index contributed by atoms with van der Waals surface area (Å²) in [6, 6.07) is 14.9. The molecule has 4 nitrogen and oxygen atoms in total. The fourth-order valence-corrected chi connectivity index (χ4v) is 3.64. The smallest absolute Gasteiger partial charge is 0.267 e. The third kappa shape index (κ3) is 2.92. The van der Waals surface area contributed by atoms with E-state index in [1.165, 1.54) is 11.3 Å². The minimum Gasteiger partial charge on any atom is -0.377 e. The fourth-order valence-electron chi connectivity index (χ4n) is 3.64. The summed E-state index contributed by atoms with van der Waals surface area (Å²) in [7, 11) is 0. The number of carbonyl (C=O) groups is 2. The molecule has 0 spiro atoms. The van der Waals surface area contributed by atoms with Crippen molar-refractivity contribution in [3.05, 3.63) is 71.4 Å². The van der Waals surface area contributed by atoms with Gasteiger partial charge in [0, 0.05) is 30.4 Å². The van der Waals surface area contributed by atoms with Crippen molar-refractivity contribution in [2.75, 3.05) is 18.0 Å². The van der Waals surface area contributed by atoms with Gasteiger partial charge < -0.3 is 4.90 Å². The molecule has 4 rings (SSSR count). The molecular weight excluding hydrogens is 324 g/mol. The molecule has 0 atom stereocenters. The molecule has 0 radical (unpaired) electrons. The van der Waals surface area contributed by atoms with Crippen LogP contribution in [0.15, 0.2) is 54.7 Å². The summed E-state index contributed by atoms with van der Waals surface area (Å²) >= 11 is 0. The van der Waals surface area contributed by atoms with Crippen LogP contribution in [0.3, 0.4) is 0 Å². The van der Waals surface area contributed by atoms with Crippen LogP contribution in [-0.4, -0.2) is 29.8 Å². The quantitative estimate of drug-likeness (QED) is 0.609. The molecule has 2 heterocycles. The second-order valence-electron chi connectivity index (χ2n) is 6.97. The molecule has 2 amide bonds. The first-order chi connectivity index (χ1) is 12.6. The van der Waals surface area contributed by atoms with Crippen LogP contribution in [-0.2, 0) is 4.79 Å². The minimum atomic E-state index is -0.259. The molecule has 0 aromatic heterocycles. The van der Waals surface area contributed by atoms with Gasteiger partial charge in [-0.3, -0.25) is 9.59 Å². The third-order valence-corrected chi connectivity index (χ3v) is 5.08. The number of aryl methyl sites for hydroxylation is 1. The first-order valence-electron chi connectivity index (χ1n) is 9.16. The normalized spacial score (nSPS) is 19.0. The molecule has 132 valence electrons. The number of nitrogens with zero attached hydrogens (tertiary/aromatic N) is 2. The Morgan fingerprint density at radius 2 is 1.46 bits per heavy atom. The molecule has 1 saturated heterocycles. The Morgan fingerprint density at radius 3 is 2.15 bits per heavy atom. The first-order valence-corrected chi connectivity index (χ1v) is 9.16. The van der Waals surface area contributed by atoms with Gasteiger partial charge in [-0.2, -0.15) is 0 Å². The molecule has 0 N–H and O–H groups in total. The van der Waals surface area contributed by atoms with Crippen LogP contribution in [0, 0.1) is 6.92 Å². The minimum absolute atomic E-state index is 0.247. The predicted molar refractivity (Wildman–Crippen MR) is 103 cm³/mol. The second-order valence-corrected chi connectivity index (χ2v) is 6.97. The summed E-state index contributed by atoms with van der Waals surface area (Å²) in [5.74, 6) is -0.506. The van der Waals surface area contributed by atoms with Gasteiger partial charge in [0.2, 0.25) is 0 Å². The number of fused-ring (bicyclic) bond motifs is 1. The first kappa shape index (κ1) is 16.6. The van der Waals surface area contributed by atoms with Gasteiger partial charge in [0.25, 0.3) is 11.8 Å². The van der Waals surface area contributed by atoms with Crippen molar-refractivity contribution >= 4 is 23.1 Å². The van der Waals surface area contributed by atoms with Gasteiger partial charge in [-0.25, -0.2) is 4.90 Å². The van der Waals surface area contributed by atoms with Crippen LogP contribution < -0.4 is 4.90 Å². The SMILES string of the molecule is Cc1ccc(N2C(=O)C(=CN3CCCCC3)c3ccccc3C2=O)cc1. The van der Waals surface area contributed by atoms with Crippen LogP contribution in [0.2, 0.25) is 0 Å². The second kappa shape index (κ2) is 6.79. The van der Waals surface area contributed by atoms with E-state index in [1.54, 1.807) is 6.07 Å². The molecule has 0 aliphatic carbocycles. The number of piperidine rings is 1. The summed E-state index contributed by atoms with van der Waals surface area (Å²) in [5, 5.41) is 0. The summed E-state index contributed by atoms with van der Waals surface area (Å²) in [6.45, 7) is 3.90. The predicted octanol–water partition coefficient (Wildman–Crippen LogP) is 4.01. The fraction of sp³-hybridized carbons (Fsp3) is 0.273. The van der Waals surface area contributed by atoms with Crippen LogP contribution in [0.25, 0.3) is 5.57 Å². The van der Waals surface area contributed by atoms with E-state index in [2.05, 4.69) is 4.90 Å². The molecule has 2 aliphatic heterocycles. The number of imide groups is 1. The van der Waals surface area contributed by atoms with E-state index in [0.717, 1.165) is 37.1 Å². The van der Waals surface area contributed by atoms with Crippen LogP contribution in [0.1, 0.15) is 40.7 Å². The number of carbonyl (C=O) groups excluding carboxylic acids is 2. The maximum Gasteiger partial charge on any atom is 0.267 e. The van der Waals surface area contributed by atoms with Gasteiger partial charge in [0.1, 0.15) is 0 Å². The standard InChI is InChI=1S/C22H22N2O2/c1-16-9-11-17(12-10-16)24-21(25)19-8-4-3-7-18(19)20(22(24)26)15-23-13-5-2-6-14-23/h3-4,7-12,15H,2,5-6,13-14H2,1H3. The largest absolute Gasteiger partial charge is 0.377 e. The van der Waals surface area contributed by atoms with Crippen molar-refractivity contribution in [1.82, 2.24) is 4.90 Å². The highest BCUT2D eigenvalue weighted by Gasteiger charge is 2.36. The van der Waals surface area contributed by atoms with Crippen LogP contribution in [0.4, 0.5) is 5.69 Å². The zero-order valence-electron chi connectivity index (χ0n) is 14.9. The van der Waals surface area contributed by atoms with Crippen molar-refractivity contribution < 1.29 is 9.59 Å². The number of hydrogen-bond acceptors (Lipinski definition) is 3. The number of amides is 2. The molecular formula is C22H22N2O2. The summed E-state index contributed by atoms with van der Waals surface area (Å²) < 4.78 is 0. The molecule has 1 fully saturated rings. The van der Waals surface area contributed by atoms with Crippen molar-refractivity contribution in [1.29, 1.82) is 0 Å². The highest BCUT2D eigenvalue weighted by atomic mass is 16.2. The Labute approximate surface area is 153 Å². The molecule has 4 heteroatoms. The number of likely N-dealkylation sites (tertiary alicyclic amines) is 1. The molecule has 0 bridgehead atoms. The maximum absolute atomic E-state index is 13.3. The molecule has 2 aromatic carbocycles. The van der Waals surface area contributed by atoms with Gasteiger partial charge in [0.05, 0.1) is 11.3 Å². The zero-order chi connectivity index (χ0) is 18.1. The monoisotopic (exact) mass is 346 g/mol. The number of hydrogen-bond donors (Lipinski definition) is 0. The van der Waals surface area contributed by atoms with E-state index in [1.807, 2.05) is 55.6 Å². The Bertz CT molecular complexity index is 877. The van der Waals surface area contributed by atoms with Crippen LogP contribution >= 0.6 is 0 Å². The average Bonchev–Trinajstić information content (AvgIpc) is 2.67. The van der Waals surface area contributed by atoms with E-state index in [9.17, 15) is 9.59 Å². The topological polar surface area (TPSA) is 40.6 Å². The van der Waals surface area contributed by atoms with Crippen molar-refractivity contribution in [3.8, 4) is 0 Å². The number of rotatable bonds is 2. The third-order valence-electron chi connectivity index (χ3n) is 5.08. The zero-order valence-corrected chi connectivity index (χ0v) is 14.9. The van der Waals surface area contributed by atoms with Gasteiger partial charge in [-0.1, -0.05) is 35.9 Å². The van der Waals surface area contributed by atoms with Gasteiger partial charge in [0.15, 0.2) is 0 Å². The van der Waals surface area contributed by atoms with Crippen molar-refractivity contribution in [3.63, 3.8) is 0 Å². The Balaban J connectivity index is 1.81. The lowest BCUT2D eigenvalue weighted by atomic mass is 9.93. The Kier molecular flexibility index (Phi) is 4.33. The van der Waals surface area contributed by atoms with E-state index in [4.69, 9.17) is 0 Å². The summed E-state index contributed by atoms with van der Waals surface area (Å²) in [4.78, 5) is 29.8. The molecule has 0 saturated carbocycles. The highest BCUT2D eigenvalue weighted by molar-refractivity contribution is 6.41. The van der Waals surface area contributed by atoms with E-state index < -0.39 is 0 Å². The summed E-state index contributed by atoms with van der Waals surface area (Å²) in [5.41, 5.74) is 3.62. The lowest BCUT2D eigenvalue weighted by Crippen LogP contribution is -2.42. The van der Waals surface area contributed by atoms with Crippen molar-refractivity contribution in [2.45, 2.75) is 26.2 Å². The highest BCUT2D eigenvalue weighted by Crippen LogP contribution is 2.32. The molecule has 2 aliphatic rings. The Morgan fingerprint density at radius 1 is 0.808 bits per heavy atom. The maximum atomic E-state index is 13.3. The van der Waals surface area contributed by atoms with Gasteiger partial charge in [-0.05, 0) is 44.4 Å².